The average Bonchev–Trinajstić information content (AvgIpc) is 3.37. The molecule has 0 heterocycles. The van der Waals surface area contributed by atoms with Gasteiger partial charge in [0.25, 0.3) is 0 Å². The van der Waals surface area contributed by atoms with E-state index >= 15 is 0 Å². The molecule has 1 atom stereocenters. The lowest BCUT2D eigenvalue weighted by Gasteiger charge is -2.18. The molecule has 0 N–H and O–H groups in total. The van der Waals surface area contributed by atoms with E-state index in [2.05, 4.69) is 130 Å². The van der Waals surface area contributed by atoms with Gasteiger partial charge in [0.05, 0.1) is 0 Å². The summed E-state index contributed by atoms with van der Waals surface area (Å²) in [5.74, 6) is -0.957. The smallest absolute Gasteiger partial charge is 0.306 e. The first kappa shape index (κ1) is 67.1. The summed E-state index contributed by atoms with van der Waals surface area (Å²) in [6.07, 6.45) is 79.4. The molecule has 0 aliphatic carbocycles. The van der Waals surface area contributed by atoms with E-state index in [0.717, 1.165) is 116 Å². The third-order valence-corrected chi connectivity index (χ3v) is 12.2. The summed E-state index contributed by atoms with van der Waals surface area (Å²) in [5.41, 5.74) is 0. The number of esters is 3. The fourth-order valence-electron chi connectivity index (χ4n) is 7.81. The minimum absolute atomic E-state index is 0.0994. The maximum atomic E-state index is 12.9. The van der Waals surface area contributed by atoms with Crippen molar-refractivity contribution < 1.29 is 28.6 Å². The van der Waals surface area contributed by atoms with Crippen LogP contribution in [0.1, 0.15) is 265 Å². The first-order chi connectivity index (χ1) is 35.0. The Morgan fingerprint density at radius 1 is 0.296 bits per heavy atom. The molecular weight excluding hydrogens is 877 g/mol. The molecule has 0 aliphatic heterocycles. The van der Waals surface area contributed by atoms with Crippen molar-refractivity contribution in [2.24, 2.45) is 0 Å². The monoisotopic (exact) mass is 985 g/mol. The zero-order valence-corrected chi connectivity index (χ0v) is 46.2. The topological polar surface area (TPSA) is 78.9 Å². The van der Waals surface area contributed by atoms with Gasteiger partial charge in [-0.1, -0.05) is 233 Å². The van der Waals surface area contributed by atoms with Crippen molar-refractivity contribution in [2.75, 3.05) is 13.2 Å². The number of allylic oxidation sites excluding steroid dienone is 18. The number of hydrogen-bond acceptors (Lipinski definition) is 6. The van der Waals surface area contributed by atoms with Gasteiger partial charge in [-0.05, 0) is 122 Å². The first-order valence-electron chi connectivity index (χ1n) is 29.4. The van der Waals surface area contributed by atoms with E-state index in [1.165, 1.54) is 109 Å². The molecule has 71 heavy (non-hydrogen) atoms. The fourth-order valence-corrected chi connectivity index (χ4v) is 7.81. The van der Waals surface area contributed by atoms with Crippen molar-refractivity contribution in [3.8, 4) is 0 Å². The van der Waals surface area contributed by atoms with Crippen LogP contribution >= 0.6 is 0 Å². The maximum absolute atomic E-state index is 12.9. The van der Waals surface area contributed by atoms with Crippen molar-refractivity contribution in [3.63, 3.8) is 0 Å². The van der Waals surface area contributed by atoms with Crippen molar-refractivity contribution in [1.82, 2.24) is 0 Å². The lowest BCUT2D eigenvalue weighted by molar-refractivity contribution is -0.167. The van der Waals surface area contributed by atoms with Crippen LogP contribution < -0.4 is 0 Å². The van der Waals surface area contributed by atoms with E-state index in [0.29, 0.717) is 19.3 Å². The maximum Gasteiger partial charge on any atom is 0.306 e. The van der Waals surface area contributed by atoms with Crippen LogP contribution in [-0.4, -0.2) is 37.2 Å². The van der Waals surface area contributed by atoms with Crippen LogP contribution in [0.4, 0.5) is 0 Å². The van der Waals surface area contributed by atoms with Crippen LogP contribution in [0.15, 0.2) is 109 Å². The molecule has 0 spiro atoms. The SMILES string of the molecule is CC/C=C\C/C=C\C/C=C\C/C=C\C/C=C\C/C=C\CCCCC(=O)OCC(COC(=O)CCCCCCC/C=C\CCCC)OC(=O)CCCCCCCCCCC/C=C\C/C=C\CCCCCCC. The van der Waals surface area contributed by atoms with Crippen LogP contribution in [0.5, 0.6) is 0 Å². The predicted octanol–water partition coefficient (Wildman–Crippen LogP) is 19.9. The lowest BCUT2D eigenvalue weighted by atomic mass is 10.1. The molecule has 404 valence electrons. The molecule has 0 aromatic carbocycles. The van der Waals surface area contributed by atoms with Gasteiger partial charge in [-0.2, -0.15) is 0 Å². The molecule has 6 nitrogen and oxygen atoms in total. The second-order valence-electron chi connectivity index (χ2n) is 19.2. The Bertz CT molecular complexity index is 1460. The lowest BCUT2D eigenvalue weighted by Crippen LogP contribution is -2.30. The molecule has 0 aliphatic rings. The van der Waals surface area contributed by atoms with E-state index < -0.39 is 6.10 Å². The van der Waals surface area contributed by atoms with E-state index in [1.807, 2.05) is 0 Å². The summed E-state index contributed by atoms with van der Waals surface area (Å²) < 4.78 is 16.8. The van der Waals surface area contributed by atoms with Gasteiger partial charge in [0.15, 0.2) is 6.10 Å². The quantitative estimate of drug-likeness (QED) is 0.0261. The normalized spacial score (nSPS) is 12.9. The molecule has 0 saturated heterocycles. The van der Waals surface area contributed by atoms with E-state index in [4.69, 9.17) is 14.2 Å². The Balaban J connectivity index is 4.43. The fraction of sp³-hybridized carbons (Fsp3) is 0.677. The Morgan fingerprint density at radius 3 is 0.944 bits per heavy atom. The highest BCUT2D eigenvalue weighted by atomic mass is 16.6. The second kappa shape index (κ2) is 58.6. The Morgan fingerprint density at radius 2 is 0.563 bits per heavy atom. The molecule has 0 fully saturated rings. The molecular formula is C65H108O6. The molecule has 0 radical (unpaired) electrons. The summed E-state index contributed by atoms with van der Waals surface area (Å²) >= 11 is 0. The van der Waals surface area contributed by atoms with Gasteiger partial charge in [-0.3, -0.25) is 14.4 Å². The van der Waals surface area contributed by atoms with E-state index in [9.17, 15) is 14.4 Å². The van der Waals surface area contributed by atoms with Crippen LogP contribution in [0.2, 0.25) is 0 Å². The molecule has 0 rings (SSSR count). The van der Waals surface area contributed by atoms with Crippen molar-refractivity contribution in [2.45, 2.75) is 271 Å². The second-order valence-corrected chi connectivity index (χ2v) is 19.2. The Kier molecular flexibility index (Phi) is 55.4. The van der Waals surface area contributed by atoms with Gasteiger partial charge < -0.3 is 14.2 Å². The molecule has 0 aromatic rings. The summed E-state index contributed by atoms with van der Waals surface area (Å²) in [6, 6.07) is 0. The highest BCUT2D eigenvalue weighted by Crippen LogP contribution is 2.14. The molecule has 0 saturated carbocycles. The number of unbranched alkanes of at least 4 members (excludes halogenated alkanes) is 23. The largest absolute Gasteiger partial charge is 0.462 e. The van der Waals surface area contributed by atoms with Gasteiger partial charge in [0, 0.05) is 19.3 Å². The number of carbonyl (C=O) groups is 3. The summed E-state index contributed by atoms with van der Waals surface area (Å²) in [7, 11) is 0. The van der Waals surface area contributed by atoms with Crippen LogP contribution in [-0.2, 0) is 28.6 Å². The first-order valence-corrected chi connectivity index (χ1v) is 29.4. The number of ether oxygens (including phenoxy) is 3. The summed E-state index contributed by atoms with van der Waals surface area (Å²) in [4.78, 5) is 38.1. The number of hydrogen-bond donors (Lipinski definition) is 0. The number of rotatable bonds is 52. The molecule has 6 heteroatoms. The minimum atomic E-state index is -0.804. The van der Waals surface area contributed by atoms with Crippen molar-refractivity contribution in [3.05, 3.63) is 109 Å². The van der Waals surface area contributed by atoms with Gasteiger partial charge in [0.1, 0.15) is 13.2 Å². The Labute approximate surface area is 438 Å². The van der Waals surface area contributed by atoms with Gasteiger partial charge in [0.2, 0.25) is 0 Å². The van der Waals surface area contributed by atoms with E-state index in [1.54, 1.807) is 0 Å². The standard InChI is InChI=1S/C65H108O6/c1-4-7-10-13-16-19-22-24-26-28-30-32-34-36-38-40-43-46-49-52-55-58-64(67)70-61-62(60-69-63(66)57-54-51-48-45-42-21-18-15-12-9-6-3)71-65(68)59-56-53-50-47-44-41-39-37-35-33-31-29-27-25-23-20-17-14-11-8-5-2/h7,10,15-16,18-19,23-26,29-32,36,38,43,46,62H,4-6,8-9,11-14,17,20-22,27-28,33-35,37,39-42,44-45,47-61H2,1-3H3/b10-7-,18-15-,19-16-,25-23-,26-24-,31-29-,32-30-,38-36-,46-43-. The summed E-state index contributed by atoms with van der Waals surface area (Å²) in [5, 5.41) is 0. The van der Waals surface area contributed by atoms with Crippen molar-refractivity contribution >= 4 is 17.9 Å². The minimum Gasteiger partial charge on any atom is -0.462 e. The van der Waals surface area contributed by atoms with Crippen molar-refractivity contribution in [1.29, 1.82) is 0 Å². The average molecular weight is 986 g/mol. The van der Waals surface area contributed by atoms with E-state index in [-0.39, 0.29) is 31.1 Å². The summed E-state index contributed by atoms with van der Waals surface area (Å²) in [6.45, 7) is 6.43. The highest BCUT2D eigenvalue weighted by molar-refractivity contribution is 5.71. The van der Waals surface area contributed by atoms with Gasteiger partial charge in [-0.15, -0.1) is 0 Å². The Hall–Kier alpha value is -3.93. The third kappa shape index (κ3) is 56.9. The predicted molar refractivity (Wildman–Crippen MR) is 307 cm³/mol. The van der Waals surface area contributed by atoms with Gasteiger partial charge >= 0.3 is 17.9 Å². The molecule has 0 amide bonds. The highest BCUT2D eigenvalue weighted by Gasteiger charge is 2.19. The van der Waals surface area contributed by atoms with Gasteiger partial charge in [-0.25, -0.2) is 0 Å². The van der Waals surface area contributed by atoms with Crippen LogP contribution in [0, 0.1) is 0 Å². The van der Waals surface area contributed by atoms with Crippen LogP contribution in [0.25, 0.3) is 0 Å². The van der Waals surface area contributed by atoms with Crippen LogP contribution in [0.3, 0.4) is 0 Å². The number of carbonyl (C=O) groups excluding carboxylic acids is 3. The third-order valence-electron chi connectivity index (χ3n) is 12.2. The molecule has 0 bridgehead atoms. The molecule has 0 aromatic heterocycles. The molecule has 1 unspecified atom stereocenters. The zero-order valence-electron chi connectivity index (χ0n) is 46.2. The zero-order chi connectivity index (χ0) is 51.4.